The second kappa shape index (κ2) is 5.86. The molecule has 0 bridgehead atoms. The maximum absolute atomic E-state index is 12.3. The summed E-state index contributed by atoms with van der Waals surface area (Å²) in [5.74, 6) is -0.394. The molecule has 0 atom stereocenters. The second-order valence-corrected chi connectivity index (χ2v) is 6.31. The predicted molar refractivity (Wildman–Crippen MR) is 89.5 cm³/mol. The number of halogens is 1. The summed E-state index contributed by atoms with van der Waals surface area (Å²) in [6.07, 6.45) is 0. The Morgan fingerprint density at radius 1 is 1.22 bits per heavy atom. The van der Waals surface area contributed by atoms with Crippen LogP contribution in [0.3, 0.4) is 0 Å². The average Bonchev–Trinajstić information content (AvgIpc) is 2.91. The van der Waals surface area contributed by atoms with E-state index in [0.717, 1.165) is 17.4 Å². The van der Waals surface area contributed by atoms with Crippen LogP contribution < -0.4 is 5.32 Å². The molecule has 0 aliphatic heterocycles. The third-order valence-corrected chi connectivity index (χ3v) is 4.57. The quantitative estimate of drug-likeness (QED) is 0.541. The first-order chi connectivity index (χ1) is 11.0. The van der Waals surface area contributed by atoms with E-state index in [9.17, 15) is 20.0 Å². The Morgan fingerprint density at radius 3 is 2.61 bits per heavy atom. The molecule has 0 spiro atoms. The summed E-state index contributed by atoms with van der Waals surface area (Å²) >= 11 is 6.61. The molecule has 6 nitrogen and oxygen atoms in total. The van der Waals surface area contributed by atoms with Crippen molar-refractivity contribution in [1.29, 1.82) is 0 Å². The zero-order chi connectivity index (χ0) is 16.6. The van der Waals surface area contributed by atoms with E-state index in [1.807, 2.05) is 0 Å². The number of fused-ring (bicyclic) bond motifs is 1. The Hall–Kier alpha value is -2.64. The van der Waals surface area contributed by atoms with Crippen LogP contribution in [0.4, 0.5) is 11.4 Å². The SMILES string of the molecule is O=C(Nc1cccc2c(O)cccc12)c1cc([N+](=O)[O-])c(Cl)s1. The van der Waals surface area contributed by atoms with Crippen LogP contribution in [0.1, 0.15) is 9.67 Å². The van der Waals surface area contributed by atoms with E-state index < -0.39 is 10.8 Å². The number of nitrogens with zero attached hydrogens (tertiary/aromatic N) is 1. The van der Waals surface area contributed by atoms with E-state index >= 15 is 0 Å². The van der Waals surface area contributed by atoms with Gasteiger partial charge in [-0.25, -0.2) is 0 Å². The molecular weight excluding hydrogens is 340 g/mol. The van der Waals surface area contributed by atoms with Crippen LogP contribution in [-0.2, 0) is 0 Å². The van der Waals surface area contributed by atoms with Gasteiger partial charge in [0.1, 0.15) is 10.6 Å². The summed E-state index contributed by atoms with van der Waals surface area (Å²) in [5, 5.41) is 24.6. The molecule has 0 saturated carbocycles. The standard InChI is InChI=1S/C15H9ClN2O4S/c16-14-11(18(21)22)7-13(23-14)15(20)17-10-5-1-4-9-8(10)3-2-6-12(9)19/h1-7,19H,(H,17,20). The molecule has 3 aromatic rings. The van der Waals surface area contributed by atoms with E-state index in [0.29, 0.717) is 16.5 Å². The first-order valence-electron chi connectivity index (χ1n) is 6.43. The third kappa shape index (κ3) is 2.84. The maximum atomic E-state index is 12.3. The highest BCUT2D eigenvalue weighted by Gasteiger charge is 2.21. The molecule has 23 heavy (non-hydrogen) atoms. The predicted octanol–water partition coefficient (Wildman–Crippen LogP) is 4.42. The lowest BCUT2D eigenvalue weighted by molar-refractivity contribution is -0.384. The van der Waals surface area contributed by atoms with Crippen molar-refractivity contribution in [2.45, 2.75) is 0 Å². The highest BCUT2D eigenvalue weighted by atomic mass is 35.5. The highest BCUT2D eigenvalue weighted by molar-refractivity contribution is 7.18. The van der Waals surface area contributed by atoms with Crippen molar-refractivity contribution in [1.82, 2.24) is 0 Å². The summed E-state index contributed by atoms with van der Waals surface area (Å²) in [4.78, 5) is 22.6. The van der Waals surface area contributed by atoms with Crippen molar-refractivity contribution in [3.8, 4) is 5.75 Å². The van der Waals surface area contributed by atoms with Gasteiger partial charge in [-0.2, -0.15) is 0 Å². The number of anilines is 1. The molecule has 0 unspecified atom stereocenters. The van der Waals surface area contributed by atoms with Crippen LogP contribution in [0.2, 0.25) is 4.34 Å². The molecule has 3 rings (SSSR count). The average molecular weight is 349 g/mol. The molecule has 0 radical (unpaired) electrons. The van der Waals surface area contributed by atoms with Crippen LogP contribution in [0.25, 0.3) is 10.8 Å². The second-order valence-electron chi connectivity index (χ2n) is 4.66. The van der Waals surface area contributed by atoms with Gasteiger partial charge in [0, 0.05) is 22.5 Å². The fraction of sp³-hybridized carbons (Fsp3) is 0. The Kier molecular flexibility index (Phi) is 3.89. The summed E-state index contributed by atoms with van der Waals surface area (Å²) in [6.45, 7) is 0. The minimum Gasteiger partial charge on any atom is -0.507 e. The van der Waals surface area contributed by atoms with Gasteiger partial charge in [0.2, 0.25) is 0 Å². The number of carbonyl (C=O) groups is 1. The summed E-state index contributed by atoms with van der Waals surface area (Å²) in [6, 6.07) is 11.2. The van der Waals surface area contributed by atoms with Crippen molar-refractivity contribution in [3.05, 3.63) is 61.8 Å². The summed E-state index contributed by atoms with van der Waals surface area (Å²) in [5.41, 5.74) is 0.202. The first kappa shape index (κ1) is 15.3. The van der Waals surface area contributed by atoms with Crippen molar-refractivity contribution in [2.75, 3.05) is 5.32 Å². The molecule has 0 saturated heterocycles. The first-order valence-corrected chi connectivity index (χ1v) is 7.62. The van der Waals surface area contributed by atoms with E-state index in [1.165, 1.54) is 0 Å². The zero-order valence-corrected chi connectivity index (χ0v) is 13.0. The lowest BCUT2D eigenvalue weighted by Gasteiger charge is -2.08. The number of phenolic OH excluding ortho intramolecular Hbond substituents is 1. The van der Waals surface area contributed by atoms with Crippen molar-refractivity contribution in [2.24, 2.45) is 0 Å². The molecule has 0 aliphatic rings. The van der Waals surface area contributed by atoms with Gasteiger partial charge in [0.25, 0.3) is 11.6 Å². The van der Waals surface area contributed by atoms with Crippen LogP contribution in [0, 0.1) is 10.1 Å². The summed E-state index contributed by atoms with van der Waals surface area (Å²) < 4.78 is -0.0456. The fourth-order valence-electron chi connectivity index (χ4n) is 2.18. The van der Waals surface area contributed by atoms with E-state index in [2.05, 4.69) is 5.32 Å². The van der Waals surface area contributed by atoms with Gasteiger partial charge in [0.05, 0.1) is 4.92 Å². The van der Waals surface area contributed by atoms with E-state index in [4.69, 9.17) is 11.6 Å². The minimum atomic E-state index is -0.633. The molecule has 8 heteroatoms. The fourth-order valence-corrected chi connectivity index (χ4v) is 3.30. The number of carbonyl (C=O) groups excluding carboxylic acids is 1. The van der Waals surface area contributed by atoms with Crippen LogP contribution in [0.5, 0.6) is 5.75 Å². The molecule has 2 aromatic carbocycles. The summed E-state index contributed by atoms with van der Waals surface area (Å²) in [7, 11) is 0. The van der Waals surface area contributed by atoms with Gasteiger partial charge in [-0.05, 0) is 12.1 Å². The number of phenols is 1. The number of aromatic hydroxyl groups is 1. The van der Waals surface area contributed by atoms with Gasteiger partial charge in [-0.15, -0.1) is 11.3 Å². The molecule has 1 amide bonds. The van der Waals surface area contributed by atoms with Gasteiger partial charge >= 0.3 is 0 Å². The van der Waals surface area contributed by atoms with Crippen molar-refractivity contribution < 1.29 is 14.8 Å². The molecule has 1 heterocycles. The Bertz CT molecular complexity index is 938. The van der Waals surface area contributed by atoms with Crippen molar-refractivity contribution >= 4 is 51.0 Å². The number of rotatable bonds is 3. The molecule has 2 N–H and O–H groups in total. The highest BCUT2D eigenvalue weighted by Crippen LogP contribution is 2.35. The lowest BCUT2D eigenvalue weighted by atomic mass is 10.1. The minimum absolute atomic E-state index is 0.0456. The lowest BCUT2D eigenvalue weighted by Crippen LogP contribution is -2.10. The monoisotopic (exact) mass is 348 g/mol. The van der Waals surface area contributed by atoms with Gasteiger partial charge in [-0.3, -0.25) is 14.9 Å². The van der Waals surface area contributed by atoms with Crippen LogP contribution in [-0.4, -0.2) is 15.9 Å². The van der Waals surface area contributed by atoms with Crippen LogP contribution >= 0.6 is 22.9 Å². The van der Waals surface area contributed by atoms with Gasteiger partial charge in [0.15, 0.2) is 4.34 Å². The topological polar surface area (TPSA) is 92.5 Å². The van der Waals surface area contributed by atoms with Crippen LogP contribution in [0.15, 0.2) is 42.5 Å². The number of nitro groups is 1. The number of thiophene rings is 1. The smallest absolute Gasteiger partial charge is 0.299 e. The van der Waals surface area contributed by atoms with Gasteiger partial charge in [-0.1, -0.05) is 35.9 Å². The molecule has 116 valence electrons. The van der Waals surface area contributed by atoms with Gasteiger partial charge < -0.3 is 10.4 Å². The molecule has 0 aliphatic carbocycles. The largest absolute Gasteiger partial charge is 0.507 e. The molecular formula is C15H9ClN2O4S. The normalized spacial score (nSPS) is 10.7. The van der Waals surface area contributed by atoms with E-state index in [-0.39, 0.29) is 20.7 Å². The zero-order valence-electron chi connectivity index (χ0n) is 11.4. The Labute approximate surface area is 139 Å². The number of hydrogen-bond acceptors (Lipinski definition) is 5. The molecule has 0 fully saturated rings. The number of amides is 1. The maximum Gasteiger partial charge on any atom is 0.299 e. The number of nitrogens with one attached hydrogen (secondary N) is 1. The third-order valence-electron chi connectivity index (χ3n) is 3.24. The number of hydrogen-bond donors (Lipinski definition) is 2. The number of benzene rings is 2. The Balaban J connectivity index is 1.96. The van der Waals surface area contributed by atoms with Crippen molar-refractivity contribution in [3.63, 3.8) is 0 Å². The Morgan fingerprint density at radius 2 is 1.91 bits per heavy atom. The molecule has 1 aromatic heterocycles. The van der Waals surface area contributed by atoms with E-state index in [1.54, 1.807) is 36.4 Å².